The molecule has 2 aliphatic carbocycles. The summed E-state index contributed by atoms with van der Waals surface area (Å²) in [7, 11) is 0. The zero-order valence-corrected chi connectivity index (χ0v) is 10.6. The van der Waals surface area contributed by atoms with Gasteiger partial charge in [0.25, 0.3) is 0 Å². The number of allylic oxidation sites excluding steroid dienone is 3. The fraction of sp³-hybridized carbons (Fsp3) is 0.733. The van der Waals surface area contributed by atoms with Gasteiger partial charge in [-0.2, -0.15) is 0 Å². The second-order valence-electron chi connectivity index (χ2n) is 6.02. The van der Waals surface area contributed by atoms with Gasteiger partial charge in [-0.15, -0.1) is 0 Å². The van der Waals surface area contributed by atoms with Gasteiger partial charge >= 0.3 is 0 Å². The Morgan fingerprint density at radius 1 is 1.50 bits per heavy atom. The summed E-state index contributed by atoms with van der Waals surface area (Å²) in [5.41, 5.74) is 3.10. The molecule has 1 N–H and O–H groups in total. The number of hydrogen-bond acceptors (Lipinski definition) is 1. The van der Waals surface area contributed by atoms with E-state index in [0.29, 0.717) is 18.4 Å². The van der Waals surface area contributed by atoms with Crippen molar-refractivity contribution in [2.45, 2.75) is 46.0 Å². The predicted molar refractivity (Wildman–Crippen MR) is 68.2 cm³/mol. The lowest BCUT2D eigenvalue weighted by Crippen LogP contribution is -2.48. The molecule has 3 atom stereocenters. The molecule has 90 valence electrons. The molecule has 1 unspecified atom stereocenters. The van der Waals surface area contributed by atoms with Crippen molar-refractivity contribution in [3.05, 3.63) is 23.8 Å². The number of hydrogen-bond donors (Lipinski definition) is 1. The molecule has 1 heteroatoms. The van der Waals surface area contributed by atoms with Crippen molar-refractivity contribution in [1.82, 2.24) is 0 Å². The van der Waals surface area contributed by atoms with E-state index >= 15 is 0 Å². The zero-order chi connectivity index (χ0) is 11.8. The highest BCUT2D eigenvalue weighted by atomic mass is 16.3. The molecule has 1 nitrogen and oxygen atoms in total. The average Bonchev–Trinajstić information content (AvgIpc) is 2.29. The molecule has 1 fully saturated rings. The summed E-state index contributed by atoms with van der Waals surface area (Å²) in [5, 5.41) is 9.52. The van der Waals surface area contributed by atoms with Crippen molar-refractivity contribution >= 4 is 0 Å². The van der Waals surface area contributed by atoms with Gasteiger partial charge in [0.05, 0.1) is 0 Å². The van der Waals surface area contributed by atoms with E-state index in [4.69, 9.17) is 0 Å². The maximum absolute atomic E-state index is 9.52. The highest BCUT2D eigenvalue weighted by Gasteiger charge is 2.50. The molecular formula is C15H24O. The first kappa shape index (κ1) is 11.9. The molecule has 0 saturated heterocycles. The van der Waals surface area contributed by atoms with E-state index < -0.39 is 0 Å². The van der Waals surface area contributed by atoms with Crippen LogP contribution in [-0.4, -0.2) is 11.7 Å². The molecule has 0 heterocycles. The molecule has 0 bridgehead atoms. The SMILES string of the molecule is C=C1CC/C=C(\C)CC[C@H]2[C@@H]1CC2(C)CO. The summed E-state index contributed by atoms with van der Waals surface area (Å²) in [5.74, 6) is 1.34. The zero-order valence-electron chi connectivity index (χ0n) is 10.6. The molecule has 0 aromatic rings. The van der Waals surface area contributed by atoms with Crippen molar-refractivity contribution in [1.29, 1.82) is 0 Å². The third kappa shape index (κ3) is 1.98. The largest absolute Gasteiger partial charge is 0.396 e. The quantitative estimate of drug-likeness (QED) is 0.668. The molecule has 0 radical (unpaired) electrons. The maximum atomic E-state index is 9.52. The summed E-state index contributed by atoms with van der Waals surface area (Å²) in [6, 6.07) is 0. The fourth-order valence-electron chi connectivity index (χ4n) is 3.46. The van der Waals surface area contributed by atoms with Crippen LogP contribution >= 0.6 is 0 Å². The van der Waals surface area contributed by atoms with Crippen LogP contribution in [0.5, 0.6) is 0 Å². The third-order valence-electron chi connectivity index (χ3n) is 4.76. The van der Waals surface area contributed by atoms with Gasteiger partial charge in [0, 0.05) is 6.61 Å². The number of aliphatic hydroxyl groups excluding tert-OH is 1. The summed E-state index contributed by atoms with van der Waals surface area (Å²) in [6.07, 6.45) is 8.23. The summed E-state index contributed by atoms with van der Waals surface area (Å²) >= 11 is 0. The summed E-state index contributed by atoms with van der Waals surface area (Å²) < 4.78 is 0. The van der Waals surface area contributed by atoms with Crippen molar-refractivity contribution < 1.29 is 5.11 Å². The minimum absolute atomic E-state index is 0.165. The Morgan fingerprint density at radius 3 is 2.94 bits per heavy atom. The van der Waals surface area contributed by atoms with Gasteiger partial charge in [0.1, 0.15) is 0 Å². The smallest absolute Gasteiger partial charge is 0.0487 e. The van der Waals surface area contributed by atoms with Gasteiger partial charge < -0.3 is 5.11 Å². The number of fused-ring (bicyclic) bond motifs is 1. The highest BCUT2D eigenvalue weighted by molar-refractivity contribution is 5.17. The molecule has 0 amide bonds. The van der Waals surface area contributed by atoms with E-state index in [-0.39, 0.29) is 5.41 Å². The van der Waals surface area contributed by atoms with E-state index in [1.165, 1.54) is 24.0 Å². The van der Waals surface area contributed by atoms with Crippen molar-refractivity contribution in [2.24, 2.45) is 17.3 Å². The van der Waals surface area contributed by atoms with Crippen LogP contribution in [0.25, 0.3) is 0 Å². The van der Waals surface area contributed by atoms with Crippen LogP contribution in [0.3, 0.4) is 0 Å². The lowest BCUT2D eigenvalue weighted by atomic mass is 9.51. The van der Waals surface area contributed by atoms with Crippen molar-refractivity contribution in [3.8, 4) is 0 Å². The predicted octanol–water partition coefficient (Wildman–Crippen LogP) is 3.70. The average molecular weight is 220 g/mol. The van der Waals surface area contributed by atoms with Gasteiger partial charge in [-0.1, -0.05) is 30.7 Å². The van der Waals surface area contributed by atoms with Gasteiger partial charge in [0.2, 0.25) is 0 Å². The van der Waals surface area contributed by atoms with Gasteiger partial charge in [0.15, 0.2) is 0 Å². The van der Waals surface area contributed by atoms with E-state index in [9.17, 15) is 5.11 Å². The number of rotatable bonds is 1. The van der Waals surface area contributed by atoms with E-state index in [0.717, 1.165) is 19.3 Å². The second-order valence-corrected chi connectivity index (χ2v) is 6.02. The molecule has 1 saturated carbocycles. The third-order valence-corrected chi connectivity index (χ3v) is 4.76. The maximum Gasteiger partial charge on any atom is 0.0487 e. The Morgan fingerprint density at radius 2 is 2.25 bits per heavy atom. The van der Waals surface area contributed by atoms with Crippen LogP contribution in [0, 0.1) is 17.3 Å². The van der Waals surface area contributed by atoms with Crippen molar-refractivity contribution in [2.75, 3.05) is 6.61 Å². The monoisotopic (exact) mass is 220 g/mol. The fourth-order valence-corrected chi connectivity index (χ4v) is 3.46. The molecule has 0 aliphatic heterocycles. The van der Waals surface area contributed by atoms with Crippen LogP contribution in [0.1, 0.15) is 46.0 Å². The molecular weight excluding hydrogens is 196 g/mol. The first-order chi connectivity index (χ1) is 7.57. The Bertz CT molecular complexity index is 315. The molecule has 0 spiro atoms. The summed E-state index contributed by atoms with van der Waals surface area (Å²) in [4.78, 5) is 0. The van der Waals surface area contributed by atoms with Gasteiger partial charge in [-0.3, -0.25) is 0 Å². The topological polar surface area (TPSA) is 20.2 Å². The molecule has 2 aliphatic rings. The molecule has 16 heavy (non-hydrogen) atoms. The van der Waals surface area contributed by atoms with Gasteiger partial charge in [-0.05, 0) is 56.3 Å². The Hall–Kier alpha value is -0.560. The lowest BCUT2D eigenvalue weighted by Gasteiger charge is -2.54. The van der Waals surface area contributed by atoms with E-state index in [1.807, 2.05) is 0 Å². The molecule has 2 rings (SSSR count). The van der Waals surface area contributed by atoms with Crippen LogP contribution in [-0.2, 0) is 0 Å². The minimum atomic E-state index is 0.165. The van der Waals surface area contributed by atoms with Crippen LogP contribution in [0.15, 0.2) is 23.8 Å². The lowest BCUT2D eigenvalue weighted by molar-refractivity contribution is -0.0568. The molecule has 0 aromatic carbocycles. The Labute approximate surface area is 99.3 Å². The van der Waals surface area contributed by atoms with Crippen LogP contribution in [0.2, 0.25) is 0 Å². The number of aliphatic hydroxyl groups is 1. The first-order valence-corrected chi connectivity index (χ1v) is 6.51. The van der Waals surface area contributed by atoms with E-state index in [2.05, 4.69) is 26.5 Å². The summed E-state index contributed by atoms with van der Waals surface area (Å²) in [6.45, 7) is 9.06. The van der Waals surface area contributed by atoms with Crippen LogP contribution in [0.4, 0.5) is 0 Å². The van der Waals surface area contributed by atoms with Crippen molar-refractivity contribution in [3.63, 3.8) is 0 Å². The van der Waals surface area contributed by atoms with Gasteiger partial charge in [-0.25, -0.2) is 0 Å². The van der Waals surface area contributed by atoms with E-state index in [1.54, 1.807) is 0 Å². The normalized spacial score (nSPS) is 43.2. The molecule has 0 aromatic heterocycles. The van der Waals surface area contributed by atoms with Crippen LogP contribution < -0.4 is 0 Å². The minimum Gasteiger partial charge on any atom is -0.396 e. The standard InChI is InChI=1S/C15H24O/c1-11-5-4-6-12(2)13-9-15(3,10-16)14(13)8-7-11/h5,13-14,16H,2,4,6-10H2,1,3H3/b11-5+/t13-,14+,15?/m1/s1. The first-order valence-electron chi connectivity index (χ1n) is 6.51. The second kappa shape index (κ2) is 4.37. The Kier molecular flexibility index (Phi) is 3.25. The highest BCUT2D eigenvalue weighted by Crippen LogP contribution is 2.56. The Balaban J connectivity index is 2.13.